The molecule has 0 aliphatic rings. The predicted octanol–water partition coefficient (Wildman–Crippen LogP) is 5.07. The molecule has 0 fully saturated rings. The van der Waals surface area contributed by atoms with E-state index in [0.717, 1.165) is 11.3 Å². The third kappa shape index (κ3) is 4.72. The number of anilines is 1. The molecule has 0 radical (unpaired) electrons. The first-order valence-electron chi connectivity index (χ1n) is 5.63. The highest BCUT2D eigenvalue weighted by Crippen LogP contribution is 2.36. The average molecular weight is 363 g/mol. The van der Waals surface area contributed by atoms with Gasteiger partial charge in [-0.2, -0.15) is 13.2 Å². The molecule has 0 saturated carbocycles. The van der Waals surface area contributed by atoms with Crippen molar-refractivity contribution < 1.29 is 13.2 Å². The van der Waals surface area contributed by atoms with E-state index in [1.54, 1.807) is 24.4 Å². The lowest BCUT2D eigenvalue weighted by Gasteiger charge is -2.09. The van der Waals surface area contributed by atoms with Crippen molar-refractivity contribution in [3.8, 4) is 0 Å². The molecule has 2 nitrogen and oxygen atoms in total. The first-order valence-corrected chi connectivity index (χ1v) is 7.24. The van der Waals surface area contributed by atoms with Crippen LogP contribution in [0.15, 0.2) is 52.1 Å². The summed E-state index contributed by atoms with van der Waals surface area (Å²) < 4.78 is 37.3. The third-order valence-corrected chi connectivity index (χ3v) is 3.77. The Balaban J connectivity index is 1.96. The smallest absolute Gasteiger partial charge is 0.379 e. The maximum atomic E-state index is 12.2. The van der Waals surface area contributed by atoms with Crippen LogP contribution in [0.3, 0.4) is 0 Å². The van der Waals surface area contributed by atoms with Crippen LogP contribution in [0, 0.1) is 0 Å². The van der Waals surface area contributed by atoms with Crippen LogP contribution in [0.4, 0.5) is 18.9 Å². The Morgan fingerprint density at radius 2 is 1.85 bits per heavy atom. The van der Waals surface area contributed by atoms with Crippen molar-refractivity contribution in [2.45, 2.75) is 16.9 Å². The minimum absolute atomic E-state index is 0.112. The van der Waals surface area contributed by atoms with Gasteiger partial charge < -0.3 is 5.32 Å². The number of pyridine rings is 1. The zero-order chi connectivity index (χ0) is 14.6. The molecule has 1 heterocycles. The molecule has 0 saturated heterocycles. The van der Waals surface area contributed by atoms with Gasteiger partial charge >= 0.3 is 5.51 Å². The SMILES string of the molecule is FC(F)(F)Sc1ccc(CNc2cccnc2Br)cc1. The topological polar surface area (TPSA) is 24.9 Å². The van der Waals surface area contributed by atoms with Crippen LogP contribution in [-0.4, -0.2) is 10.5 Å². The summed E-state index contributed by atoms with van der Waals surface area (Å²) in [4.78, 5) is 4.26. The van der Waals surface area contributed by atoms with Gasteiger partial charge in [-0.05, 0) is 57.5 Å². The molecule has 0 spiro atoms. The molecule has 1 aromatic carbocycles. The number of benzene rings is 1. The summed E-state index contributed by atoms with van der Waals surface area (Å²) in [5.41, 5.74) is -2.52. The van der Waals surface area contributed by atoms with Gasteiger partial charge in [0.05, 0.1) is 5.69 Å². The Hall–Kier alpha value is -1.21. The zero-order valence-electron chi connectivity index (χ0n) is 10.1. The second-order valence-corrected chi connectivity index (χ2v) is 5.78. The Labute approximate surface area is 126 Å². The monoisotopic (exact) mass is 362 g/mol. The van der Waals surface area contributed by atoms with Crippen molar-refractivity contribution >= 4 is 33.4 Å². The van der Waals surface area contributed by atoms with Gasteiger partial charge in [-0.3, -0.25) is 0 Å². The highest BCUT2D eigenvalue weighted by molar-refractivity contribution is 9.10. The van der Waals surface area contributed by atoms with Crippen LogP contribution in [-0.2, 0) is 6.54 Å². The first-order chi connectivity index (χ1) is 9.44. The van der Waals surface area contributed by atoms with Crippen LogP contribution < -0.4 is 5.32 Å². The van der Waals surface area contributed by atoms with E-state index in [9.17, 15) is 13.2 Å². The molecule has 106 valence electrons. The molecular formula is C13H10BrF3N2S. The lowest BCUT2D eigenvalue weighted by molar-refractivity contribution is -0.0328. The van der Waals surface area contributed by atoms with E-state index in [0.29, 0.717) is 11.1 Å². The van der Waals surface area contributed by atoms with Crippen LogP contribution in [0.5, 0.6) is 0 Å². The van der Waals surface area contributed by atoms with Crippen molar-refractivity contribution in [2.75, 3.05) is 5.32 Å². The minimum Gasteiger partial charge on any atom is -0.379 e. The Morgan fingerprint density at radius 3 is 2.45 bits per heavy atom. The van der Waals surface area contributed by atoms with Crippen LogP contribution in [0.2, 0.25) is 0 Å². The molecule has 1 aromatic heterocycles. The molecule has 0 aliphatic carbocycles. The number of hydrogen-bond donors (Lipinski definition) is 1. The highest BCUT2D eigenvalue weighted by Gasteiger charge is 2.28. The van der Waals surface area contributed by atoms with Crippen LogP contribution >= 0.6 is 27.7 Å². The molecular weight excluding hydrogens is 353 g/mol. The summed E-state index contributed by atoms with van der Waals surface area (Å²) in [6, 6.07) is 9.94. The van der Waals surface area contributed by atoms with Gasteiger partial charge in [0.25, 0.3) is 0 Å². The number of thioether (sulfide) groups is 1. The maximum absolute atomic E-state index is 12.2. The van der Waals surface area contributed by atoms with Gasteiger partial charge in [0, 0.05) is 17.6 Å². The summed E-state index contributed by atoms with van der Waals surface area (Å²) >= 11 is 3.20. The van der Waals surface area contributed by atoms with E-state index in [-0.39, 0.29) is 16.7 Å². The molecule has 0 bridgehead atoms. The second-order valence-electron chi connectivity index (χ2n) is 3.89. The summed E-state index contributed by atoms with van der Waals surface area (Å²) in [5, 5.41) is 3.16. The van der Waals surface area contributed by atoms with Crippen molar-refractivity contribution in [1.82, 2.24) is 4.98 Å². The van der Waals surface area contributed by atoms with Gasteiger partial charge in [0.15, 0.2) is 0 Å². The van der Waals surface area contributed by atoms with E-state index < -0.39 is 5.51 Å². The van der Waals surface area contributed by atoms with Gasteiger partial charge in [0.1, 0.15) is 4.60 Å². The second kappa shape index (κ2) is 6.49. The summed E-state index contributed by atoms with van der Waals surface area (Å²) in [5.74, 6) is 0. The number of halogens is 4. The first kappa shape index (κ1) is 15.2. The largest absolute Gasteiger partial charge is 0.446 e. The van der Waals surface area contributed by atoms with Gasteiger partial charge in [-0.1, -0.05) is 12.1 Å². The third-order valence-electron chi connectivity index (χ3n) is 2.40. The Morgan fingerprint density at radius 1 is 1.15 bits per heavy atom. The quantitative estimate of drug-likeness (QED) is 0.607. The Bertz CT molecular complexity index is 573. The van der Waals surface area contributed by atoms with E-state index in [2.05, 4.69) is 26.2 Å². The summed E-state index contributed by atoms with van der Waals surface area (Å²) in [7, 11) is 0. The number of nitrogens with one attached hydrogen (secondary N) is 1. The molecule has 0 amide bonds. The van der Waals surface area contributed by atoms with Gasteiger partial charge in [0.2, 0.25) is 0 Å². The zero-order valence-corrected chi connectivity index (χ0v) is 12.5. The average Bonchev–Trinajstić information content (AvgIpc) is 2.38. The fourth-order valence-corrected chi connectivity index (χ4v) is 2.45. The van der Waals surface area contributed by atoms with Crippen LogP contribution in [0.25, 0.3) is 0 Å². The Kier molecular flexibility index (Phi) is 4.93. The standard InChI is InChI=1S/C13H10BrF3N2S/c14-12-11(2-1-7-18-12)19-8-9-3-5-10(6-4-9)20-13(15,16)17/h1-7,19H,8H2. The summed E-state index contributed by atoms with van der Waals surface area (Å²) in [6.45, 7) is 0.515. The number of hydrogen-bond acceptors (Lipinski definition) is 3. The summed E-state index contributed by atoms with van der Waals surface area (Å²) in [6.07, 6.45) is 1.67. The molecule has 20 heavy (non-hydrogen) atoms. The fraction of sp³-hybridized carbons (Fsp3) is 0.154. The number of alkyl halides is 3. The lowest BCUT2D eigenvalue weighted by Crippen LogP contribution is -2.01. The molecule has 7 heteroatoms. The minimum atomic E-state index is -4.25. The van der Waals surface area contributed by atoms with Crippen LogP contribution in [0.1, 0.15) is 5.56 Å². The number of aromatic nitrogens is 1. The number of nitrogens with zero attached hydrogens (tertiary/aromatic N) is 1. The van der Waals surface area contributed by atoms with E-state index in [4.69, 9.17) is 0 Å². The molecule has 0 aliphatic heterocycles. The lowest BCUT2D eigenvalue weighted by atomic mass is 10.2. The molecule has 1 N–H and O–H groups in total. The number of rotatable bonds is 4. The van der Waals surface area contributed by atoms with Gasteiger partial charge in [-0.15, -0.1) is 0 Å². The predicted molar refractivity (Wildman–Crippen MR) is 77.6 cm³/mol. The van der Waals surface area contributed by atoms with Gasteiger partial charge in [-0.25, -0.2) is 4.98 Å². The van der Waals surface area contributed by atoms with Crippen molar-refractivity contribution in [3.63, 3.8) is 0 Å². The fourth-order valence-electron chi connectivity index (χ4n) is 1.52. The van der Waals surface area contributed by atoms with Crippen molar-refractivity contribution in [2.24, 2.45) is 0 Å². The maximum Gasteiger partial charge on any atom is 0.446 e. The molecule has 0 atom stereocenters. The van der Waals surface area contributed by atoms with Crippen molar-refractivity contribution in [1.29, 1.82) is 0 Å². The molecule has 0 unspecified atom stereocenters. The molecule has 2 aromatic rings. The molecule has 2 rings (SSSR count). The highest BCUT2D eigenvalue weighted by atomic mass is 79.9. The van der Waals surface area contributed by atoms with E-state index in [1.165, 1.54) is 12.1 Å². The van der Waals surface area contributed by atoms with E-state index in [1.807, 2.05) is 6.07 Å². The normalized spacial score (nSPS) is 11.4. The van der Waals surface area contributed by atoms with E-state index >= 15 is 0 Å². The van der Waals surface area contributed by atoms with Crippen molar-refractivity contribution in [3.05, 3.63) is 52.8 Å².